The number of amides is 1. The van der Waals surface area contributed by atoms with Gasteiger partial charge in [0.2, 0.25) is 11.8 Å². The van der Waals surface area contributed by atoms with Crippen LogP contribution in [0, 0.1) is 0 Å². The monoisotopic (exact) mass is 411 g/mol. The minimum atomic E-state index is -4.64. The van der Waals surface area contributed by atoms with E-state index in [-0.39, 0.29) is 9.77 Å². The van der Waals surface area contributed by atoms with E-state index >= 15 is 0 Å². The van der Waals surface area contributed by atoms with Gasteiger partial charge in [-0.1, -0.05) is 0 Å². The summed E-state index contributed by atoms with van der Waals surface area (Å²) in [7, 11) is -4.64. The highest BCUT2D eigenvalue weighted by molar-refractivity contribution is 7.89. The average molecular weight is 411 g/mol. The Hall–Kier alpha value is -3.74. The number of nitrogens with zero attached hydrogens (tertiary/aromatic N) is 2. The topological polar surface area (TPSA) is 182 Å². The minimum Gasteiger partial charge on any atom is -0.479 e. The Morgan fingerprint density at radius 3 is 2.43 bits per heavy atom. The molecule has 0 aliphatic heterocycles. The number of carboxylic acids is 2. The third-order valence-corrected chi connectivity index (χ3v) is 4.71. The van der Waals surface area contributed by atoms with Crippen molar-refractivity contribution in [2.24, 2.45) is 0 Å². The number of carbonyl (C=O) groups excluding carboxylic acids is 1. The zero-order valence-corrected chi connectivity index (χ0v) is 15.0. The molecule has 1 amide bonds. The van der Waals surface area contributed by atoms with E-state index in [0.29, 0.717) is 0 Å². The van der Waals surface area contributed by atoms with Crippen molar-refractivity contribution in [3.8, 4) is 5.88 Å². The highest BCUT2D eigenvalue weighted by Gasteiger charge is 2.24. The zero-order chi connectivity index (χ0) is 21.1. The van der Waals surface area contributed by atoms with Crippen LogP contribution in [0.25, 0.3) is 0 Å². The molecule has 0 bridgehead atoms. The highest BCUT2D eigenvalue weighted by Crippen LogP contribution is 2.22. The summed E-state index contributed by atoms with van der Waals surface area (Å²) < 4.78 is 30.2. The summed E-state index contributed by atoms with van der Waals surface area (Å²) >= 11 is 0. The number of nitrogens with one attached hydrogen (secondary N) is 1. The second-order valence-electron chi connectivity index (χ2n) is 5.23. The molecule has 2 rings (SSSR count). The van der Waals surface area contributed by atoms with Crippen LogP contribution in [-0.2, 0) is 19.6 Å². The van der Waals surface area contributed by atoms with Crippen LogP contribution in [0.4, 0.5) is 5.69 Å². The van der Waals surface area contributed by atoms with E-state index < -0.39 is 56.4 Å². The van der Waals surface area contributed by atoms with Crippen molar-refractivity contribution in [1.82, 2.24) is 9.19 Å². The molecule has 0 atom stereocenters. The summed E-state index contributed by atoms with van der Waals surface area (Å²) in [6.45, 7) is 0.322. The van der Waals surface area contributed by atoms with Gasteiger partial charge in [-0.25, -0.2) is 9.59 Å². The molecule has 1 heterocycles. The lowest BCUT2D eigenvalue weighted by Gasteiger charge is -2.11. The largest absolute Gasteiger partial charge is 0.479 e. The molecule has 3 N–H and O–H groups in total. The molecule has 0 saturated heterocycles. The Kier molecular flexibility index (Phi) is 5.78. The Bertz CT molecular complexity index is 1120. The molecule has 1 aromatic carbocycles. The van der Waals surface area contributed by atoms with Crippen LogP contribution in [-0.4, -0.2) is 52.3 Å². The van der Waals surface area contributed by atoms with Gasteiger partial charge in [-0.05, 0) is 18.2 Å². The number of benzene rings is 1. The zero-order valence-electron chi connectivity index (χ0n) is 14.1. The molecule has 0 aliphatic rings. The Balaban J connectivity index is 2.55. The SMILES string of the molecule is CC(=O)Nc1ccc(S(=O)(=O)n2nc(OCC(=O)O)ccc2=O)cc1C(=O)O. The number of hydrogen-bond acceptors (Lipinski definition) is 8. The van der Waals surface area contributed by atoms with E-state index in [0.717, 1.165) is 37.3 Å². The van der Waals surface area contributed by atoms with Gasteiger partial charge in [0.05, 0.1) is 16.1 Å². The van der Waals surface area contributed by atoms with E-state index in [4.69, 9.17) is 9.84 Å². The second kappa shape index (κ2) is 7.87. The van der Waals surface area contributed by atoms with Crippen molar-refractivity contribution in [3.63, 3.8) is 0 Å². The lowest BCUT2D eigenvalue weighted by molar-refractivity contribution is -0.139. The highest BCUT2D eigenvalue weighted by atomic mass is 32.2. The molecule has 1 aromatic heterocycles. The standard InChI is InChI=1S/C15H13N3O9S/c1-8(19)16-11-3-2-9(6-10(11)15(23)24)28(25,26)18-13(20)5-4-12(17-18)27-7-14(21)22/h2-6H,7H2,1H3,(H,16,19)(H,21,22)(H,23,24). The van der Waals surface area contributed by atoms with Crippen LogP contribution in [0.5, 0.6) is 5.88 Å². The van der Waals surface area contributed by atoms with Crippen molar-refractivity contribution < 1.29 is 37.8 Å². The van der Waals surface area contributed by atoms with Gasteiger partial charge in [0.15, 0.2) is 6.61 Å². The fraction of sp³-hybridized carbons (Fsp3) is 0.133. The smallest absolute Gasteiger partial charge is 0.341 e. The number of aliphatic carboxylic acids is 1. The molecule has 13 heteroatoms. The van der Waals surface area contributed by atoms with Crippen LogP contribution in [0.3, 0.4) is 0 Å². The van der Waals surface area contributed by atoms with Gasteiger partial charge in [0, 0.05) is 19.1 Å². The normalized spacial score (nSPS) is 10.9. The summed E-state index contributed by atoms with van der Waals surface area (Å²) in [6.07, 6.45) is 0. The fourth-order valence-corrected chi connectivity index (χ4v) is 3.21. The maximum Gasteiger partial charge on any atom is 0.341 e. The third-order valence-electron chi connectivity index (χ3n) is 3.15. The first kappa shape index (κ1) is 20.6. The summed E-state index contributed by atoms with van der Waals surface area (Å²) in [5, 5.41) is 23.5. The van der Waals surface area contributed by atoms with Gasteiger partial charge in [-0.2, -0.15) is 8.42 Å². The average Bonchev–Trinajstić information content (AvgIpc) is 2.60. The molecule has 0 aliphatic carbocycles. The van der Waals surface area contributed by atoms with Gasteiger partial charge >= 0.3 is 11.9 Å². The van der Waals surface area contributed by atoms with E-state index in [9.17, 15) is 32.7 Å². The van der Waals surface area contributed by atoms with Crippen molar-refractivity contribution in [1.29, 1.82) is 0 Å². The molecule has 0 fully saturated rings. The molecular weight excluding hydrogens is 398 g/mol. The van der Waals surface area contributed by atoms with Gasteiger partial charge in [0.25, 0.3) is 15.6 Å². The lowest BCUT2D eigenvalue weighted by atomic mass is 10.2. The molecular formula is C15H13N3O9S. The summed E-state index contributed by atoms with van der Waals surface area (Å²) in [5.74, 6) is -3.88. The maximum atomic E-state index is 12.7. The predicted octanol–water partition coefficient (Wildman–Crippen LogP) is -0.400. The van der Waals surface area contributed by atoms with Crippen LogP contribution < -0.4 is 15.6 Å². The van der Waals surface area contributed by atoms with E-state index in [1.54, 1.807) is 0 Å². The predicted molar refractivity (Wildman–Crippen MR) is 91.9 cm³/mol. The number of aromatic nitrogens is 2. The van der Waals surface area contributed by atoms with Crippen molar-refractivity contribution in [2.45, 2.75) is 11.8 Å². The van der Waals surface area contributed by atoms with Gasteiger partial charge < -0.3 is 20.3 Å². The van der Waals surface area contributed by atoms with Crippen LogP contribution in [0.15, 0.2) is 40.0 Å². The first-order chi connectivity index (χ1) is 13.0. The van der Waals surface area contributed by atoms with Crippen molar-refractivity contribution >= 4 is 33.6 Å². The molecule has 0 saturated carbocycles. The van der Waals surface area contributed by atoms with E-state index in [1.165, 1.54) is 0 Å². The summed E-state index contributed by atoms with van der Waals surface area (Å²) in [4.78, 5) is 44.4. The number of anilines is 1. The molecule has 0 radical (unpaired) electrons. The molecule has 0 spiro atoms. The molecule has 2 aromatic rings. The number of aromatic carboxylic acids is 1. The van der Waals surface area contributed by atoms with Crippen molar-refractivity contribution in [3.05, 3.63) is 46.2 Å². The maximum absolute atomic E-state index is 12.7. The first-order valence-corrected chi connectivity index (χ1v) is 8.82. The summed E-state index contributed by atoms with van der Waals surface area (Å²) in [6, 6.07) is 4.56. The number of ether oxygens (including phenoxy) is 1. The fourth-order valence-electron chi connectivity index (χ4n) is 2.02. The van der Waals surface area contributed by atoms with Crippen LogP contribution in [0.2, 0.25) is 0 Å². The van der Waals surface area contributed by atoms with E-state index in [1.807, 2.05) is 0 Å². The van der Waals surface area contributed by atoms with Crippen molar-refractivity contribution in [2.75, 3.05) is 11.9 Å². The third kappa shape index (κ3) is 4.50. The molecule has 28 heavy (non-hydrogen) atoms. The minimum absolute atomic E-state index is 0.0449. The molecule has 148 valence electrons. The van der Waals surface area contributed by atoms with Gasteiger partial charge in [-0.3, -0.25) is 9.59 Å². The van der Waals surface area contributed by atoms with Crippen LogP contribution in [0.1, 0.15) is 17.3 Å². The lowest BCUT2D eigenvalue weighted by Crippen LogP contribution is -2.30. The Morgan fingerprint density at radius 1 is 1.18 bits per heavy atom. The van der Waals surface area contributed by atoms with Gasteiger partial charge in [-0.15, -0.1) is 9.19 Å². The Morgan fingerprint density at radius 2 is 1.86 bits per heavy atom. The number of rotatable bonds is 7. The Labute approximate surface area is 157 Å². The van der Waals surface area contributed by atoms with Gasteiger partial charge in [0.1, 0.15) is 0 Å². The van der Waals surface area contributed by atoms with E-state index in [2.05, 4.69) is 10.4 Å². The first-order valence-electron chi connectivity index (χ1n) is 7.38. The quantitative estimate of drug-likeness (QED) is 0.542. The number of carboxylic acid groups (broad SMARTS) is 2. The van der Waals surface area contributed by atoms with Crippen LogP contribution >= 0.6 is 0 Å². The molecule has 0 unspecified atom stereocenters. The summed E-state index contributed by atoms with van der Waals surface area (Å²) in [5.41, 5.74) is -1.74. The second-order valence-corrected chi connectivity index (χ2v) is 7.00. The molecule has 12 nitrogen and oxygen atoms in total. The number of hydrogen-bond donors (Lipinski definition) is 3. The number of carbonyl (C=O) groups is 3.